The molecule has 8 nitrogen and oxygen atoms in total. The van der Waals surface area contributed by atoms with Crippen LogP contribution >= 0.6 is 11.6 Å². The van der Waals surface area contributed by atoms with Gasteiger partial charge in [-0.2, -0.15) is 0 Å². The molecule has 174 valence electrons. The first-order valence-electron chi connectivity index (χ1n) is 11.0. The Morgan fingerprint density at radius 1 is 1.00 bits per heavy atom. The van der Waals surface area contributed by atoms with E-state index in [9.17, 15) is 4.79 Å². The molecule has 33 heavy (non-hydrogen) atoms. The van der Waals surface area contributed by atoms with Gasteiger partial charge in [-0.25, -0.2) is 9.48 Å². The summed E-state index contributed by atoms with van der Waals surface area (Å²) in [6.07, 6.45) is 0. The van der Waals surface area contributed by atoms with Crippen molar-refractivity contribution < 1.29 is 14.3 Å². The summed E-state index contributed by atoms with van der Waals surface area (Å²) in [5.74, 6) is 0.358. The van der Waals surface area contributed by atoms with Gasteiger partial charge in [0, 0.05) is 43.4 Å². The number of halogens is 1. The molecule has 0 amide bonds. The third-order valence-corrected chi connectivity index (χ3v) is 5.99. The fraction of sp³-hybridized carbons (Fsp3) is 0.375. The molecule has 3 aromatic rings. The van der Waals surface area contributed by atoms with Crippen molar-refractivity contribution in [2.45, 2.75) is 20.0 Å². The molecule has 0 bridgehead atoms. The van der Waals surface area contributed by atoms with Gasteiger partial charge in [0.1, 0.15) is 5.75 Å². The number of hydrogen-bond donors (Lipinski definition) is 0. The van der Waals surface area contributed by atoms with E-state index in [0.29, 0.717) is 19.7 Å². The zero-order valence-corrected chi connectivity index (χ0v) is 19.7. The molecule has 1 aliphatic heterocycles. The Morgan fingerprint density at radius 3 is 2.33 bits per heavy atom. The second-order valence-corrected chi connectivity index (χ2v) is 8.29. The van der Waals surface area contributed by atoms with E-state index in [-0.39, 0.29) is 5.69 Å². The zero-order chi connectivity index (χ0) is 23.2. The van der Waals surface area contributed by atoms with Gasteiger partial charge in [0.25, 0.3) is 0 Å². The topological polar surface area (TPSA) is 72.7 Å². The van der Waals surface area contributed by atoms with Gasteiger partial charge >= 0.3 is 5.97 Å². The molecule has 0 N–H and O–H groups in total. The minimum absolute atomic E-state index is 0.283. The molecule has 0 unspecified atom stereocenters. The van der Waals surface area contributed by atoms with Gasteiger partial charge in [0.05, 0.1) is 26.0 Å². The van der Waals surface area contributed by atoms with Gasteiger partial charge in [-0.15, -0.1) is 5.10 Å². The van der Waals surface area contributed by atoms with Crippen LogP contribution in [0.1, 0.15) is 28.7 Å². The number of piperazine rings is 1. The lowest BCUT2D eigenvalue weighted by Crippen LogP contribution is -2.46. The molecule has 0 atom stereocenters. The summed E-state index contributed by atoms with van der Waals surface area (Å²) in [6.45, 7) is 6.66. The van der Waals surface area contributed by atoms with Gasteiger partial charge in [-0.1, -0.05) is 28.9 Å². The quantitative estimate of drug-likeness (QED) is 0.467. The van der Waals surface area contributed by atoms with Crippen LogP contribution in [0.5, 0.6) is 5.75 Å². The van der Waals surface area contributed by atoms with Crippen LogP contribution in [-0.2, 0) is 17.8 Å². The van der Waals surface area contributed by atoms with E-state index < -0.39 is 5.97 Å². The first-order chi connectivity index (χ1) is 16.1. The van der Waals surface area contributed by atoms with Gasteiger partial charge in [0.2, 0.25) is 0 Å². The number of aromatic nitrogens is 3. The highest BCUT2D eigenvalue weighted by atomic mass is 35.5. The van der Waals surface area contributed by atoms with Crippen LogP contribution < -0.4 is 9.64 Å². The smallest absolute Gasteiger partial charge is 0.360 e. The van der Waals surface area contributed by atoms with Gasteiger partial charge in [0.15, 0.2) is 5.69 Å². The number of rotatable bonds is 8. The third kappa shape index (κ3) is 5.64. The summed E-state index contributed by atoms with van der Waals surface area (Å²) in [4.78, 5) is 17.2. The highest BCUT2D eigenvalue weighted by Crippen LogP contribution is 2.21. The fourth-order valence-electron chi connectivity index (χ4n) is 3.91. The number of esters is 1. The monoisotopic (exact) mass is 469 g/mol. The third-order valence-electron chi connectivity index (χ3n) is 5.74. The molecule has 1 aliphatic rings. The summed E-state index contributed by atoms with van der Waals surface area (Å²) in [6, 6.07) is 15.7. The predicted octanol–water partition coefficient (Wildman–Crippen LogP) is 3.49. The average molecular weight is 470 g/mol. The van der Waals surface area contributed by atoms with E-state index in [2.05, 4.69) is 20.1 Å². The standard InChI is InChI=1S/C24H28ClN5O3/c1-3-33-24(31)23-22(30(27-26-23)16-18-4-10-21(32-2)11-5-18)17-28-12-14-29(15-13-28)20-8-6-19(25)7-9-20/h4-11H,3,12-17H2,1-2H3. The van der Waals surface area contributed by atoms with Gasteiger partial charge in [-0.3, -0.25) is 4.90 Å². The zero-order valence-electron chi connectivity index (χ0n) is 18.9. The summed E-state index contributed by atoms with van der Waals surface area (Å²) in [5, 5.41) is 9.18. The number of nitrogens with zero attached hydrogens (tertiary/aromatic N) is 5. The Balaban J connectivity index is 1.48. The van der Waals surface area contributed by atoms with Gasteiger partial charge in [-0.05, 0) is 48.9 Å². The van der Waals surface area contributed by atoms with Crippen molar-refractivity contribution >= 4 is 23.3 Å². The van der Waals surface area contributed by atoms with E-state index in [1.165, 1.54) is 0 Å². The lowest BCUT2D eigenvalue weighted by molar-refractivity contribution is 0.0516. The average Bonchev–Trinajstić information content (AvgIpc) is 3.23. The maximum Gasteiger partial charge on any atom is 0.360 e. The molecule has 1 aromatic heterocycles. The van der Waals surface area contributed by atoms with E-state index in [1.54, 1.807) is 18.7 Å². The maximum atomic E-state index is 12.5. The van der Waals surface area contributed by atoms with Crippen molar-refractivity contribution in [3.8, 4) is 5.75 Å². The summed E-state index contributed by atoms with van der Waals surface area (Å²) in [5.41, 5.74) is 3.26. The van der Waals surface area contributed by atoms with Crippen LogP contribution in [0.15, 0.2) is 48.5 Å². The molecule has 0 spiro atoms. The Morgan fingerprint density at radius 2 is 1.70 bits per heavy atom. The van der Waals surface area contributed by atoms with Crippen molar-refractivity contribution in [3.63, 3.8) is 0 Å². The van der Waals surface area contributed by atoms with Crippen LogP contribution in [-0.4, -0.2) is 65.8 Å². The molecular formula is C24H28ClN5O3. The fourth-order valence-corrected chi connectivity index (χ4v) is 4.03. The second kappa shape index (κ2) is 10.7. The first kappa shape index (κ1) is 23.1. The van der Waals surface area contributed by atoms with Gasteiger partial charge < -0.3 is 14.4 Å². The minimum atomic E-state index is -0.437. The normalized spacial score (nSPS) is 14.3. The van der Waals surface area contributed by atoms with Crippen LogP contribution in [0, 0.1) is 0 Å². The Kier molecular flexibility index (Phi) is 7.47. The minimum Gasteiger partial charge on any atom is -0.497 e. The van der Waals surface area contributed by atoms with Crippen LogP contribution in [0.2, 0.25) is 5.02 Å². The van der Waals surface area contributed by atoms with Crippen molar-refractivity contribution in [2.75, 3.05) is 44.8 Å². The lowest BCUT2D eigenvalue weighted by atomic mass is 10.2. The first-order valence-corrected chi connectivity index (χ1v) is 11.4. The molecule has 2 heterocycles. The number of carbonyl (C=O) groups is 1. The number of methoxy groups -OCH3 is 1. The maximum absolute atomic E-state index is 12.5. The van der Waals surface area contributed by atoms with Crippen molar-refractivity contribution in [1.29, 1.82) is 0 Å². The van der Waals surface area contributed by atoms with Crippen LogP contribution in [0.3, 0.4) is 0 Å². The molecule has 4 rings (SSSR count). The summed E-state index contributed by atoms with van der Waals surface area (Å²) in [7, 11) is 1.64. The lowest BCUT2D eigenvalue weighted by Gasteiger charge is -2.36. The van der Waals surface area contributed by atoms with E-state index in [1.807, 2.05) is 48.5 Å². The summed E-state index contributed by atoms with van der Waals surface area (Å²) < 4.78 is 12.3. The molecule has 9 heteroatoms. The van der Waals surface area contributed by atoms with Crippen LogP contribution in [0.4, 0.5) is 5.69 Å². The number of benzene rings is 2. The van der Waals surface area contributed by atoms with E-state index in [0.717, 1.165) is 53.9 Å². The highest BCUT2D eigenvalue weighted by Gasteiger charge is 2.25. The number of ether oxygens (including phenoxy) is 2. The Hall–Kier alpha value is -3.10. The molecule has 1 saturated heterocycles. The second-order valence-electron chi connectivity index (χ2n) is 7.85. The molecular weight excluding hydrogens is 442 g/mol. The van der Waals surface area contributed by atoms with Crippen molar-refractivity contribution in [2.24, 2.45) is 0 Å². The van der Waals surface area contributed by atoms with Crippen molar-refractivity contribution in [1.82, 2.24) is 19.9 Å². The number of anilines is 1. The molecule has 1 fully saturated rings. The van der Waals surface area contributed by atoms with Crippen LogP contribution in [0.25, 0.3) is 0 Å². The number of hydrogen-bond acceptors (Lipinski definition) is 7. The molecule has 2 aromatic carbocycles. The predicted molar refractivity (Wildman–Crippen MR) is 127 cm³/mol. The Bertz CT molecular complexity index is 1060. The van der Waals surface area contributed by atoms with E-state index >= 15 is 0 Å². The SMILES string of the molecule is CCOC(=O)c1nnn(Cc2ccc(OC)cc2)c1CN1CCN(c2ccc(Cl)cc2)CC1. The largest absolute Gasteiger partial charge is 0.497 e. The van der Waals surface area contributed by atoms with Crippen molar-refractivity contribution in [3.05, 3.63) is 70.5 Å². The molecule has 0 aliphatic carbocycles. The Labute approximate surface area is 198 Å². The van der Waals surface area contributed by atoms with E-state index in [4.69, 9.17) is 21.1 Å². The number of carbonyl (C=O) groups excluding carboxylic acids is 1. The highest BCUT2D eigenvalue weighted by molar-refractivity contribution is 6.30. The molecule has 0 radical (unpaired) electrons. The summed E-state index contributed by atoms with van der Waals surface area (Å²) >= 11 is 6.02. The molecule has 0 saturated carbocycles.